The Morgan fingerprint density at radius 3 is 2.17 bits per heavy atom. The molecule has 0 saturated heterocycles. The van der Waals surface area contributed by atoms with E-state index in [0.717, 1.165) is 33.4 Å². The summed E-state index contributed by atoms with van der Waals surface area (Å²) in [6, 6.07) is 23.6. The molecule has 1 aliphatic rings. The van der Waals surface area contributed by atoms with Crippen molar-refractivity contribution in [2.75, 3.05) is 6.54 Å². The maximum atomic E-state index is 13.2. The Hall–Kier alpha value is -4.49. The molecule has 4 aromatic rings. The predicted octanol–water partition coefficient (Wildman–Crippen LogP) is 3.42. The van der Waals surface area contributed by atoms with Gasteiger partial charge in [-0.1, -0.05) is 84.9 Å². The lowest BCUT2D eigenvalue weighted by Crippen LogP contribution is -2.33. The SMILES string of the molecule is O=C(O)CNCc1cccc(Cn2cc(C3c4ccccc4C=Cc4ccccc43)c(=O)[nH]c2=O)c1. The van der Waals surface area contributed by atoms with E-state index in [9.17, 15) is 14.4 Å². The first-order valence-corrected chi connectivity index (χ1v) is 11.7. The van der Waals surface area contributed by atoms with E-state index in [1.54, 1.807) is 6.20 Å². The van der Waals surface area contributed by atoms with Gasteiger partial charge in [0.25, 0.3) is 5.56 Å². The van der Waals surface area contributed by atoms with Crippen molar-refractivity contribution in [2.45, 2.75) is 19.0 Å². The fourth-order valence-electron chi connectivity index (χ4n) is 4.73. The van der Waals surface area contributed by atoms with Crippen molar-refractivity contribution in [3.8, 4) is 0 Å². The zero-order chi connectivity index (χ0) is 25.1. The molecule has 1 aliphatic carbocycles. The van der Waals surface area contributed by atoms with E-state index in [-0.39, 0.29) is 19.0 Å². The Kier molecular flexibility index (Phi) is 6.47. The fraction of sp³-hybridized carbons (Fsp3) is 0.138. The number of carboxylic acids is 1. The molecule has 0 unspecified atom stereocenters. The minimum absolute atomic E-state index is 0.133. The van der Waals surface area contributed by atoms with E-state index in [1.807, 2.05) is 72.8 Å². The van der Waals surface area contributed by atoms with Gasteiger partial charge in [-0.15, -0.1) is 0 Å². The Morgan fingerprint density at radius 1 is 0.861 bits per heavy atom. The number of H-pyrrole nitrogens is 1. The van der Waals surface area contributed by atoms with Gasteiger partial charge in [-0.3, -0.25) is 19.1 Å². The van der Waals surface area contributed by atoms with Crippen molar-refractivity contribution in [1.29, 1.82) is 0 Å². The molecule has 180 valence electrons. The number of aromatic nitrogens is 2. The van der Waals surface area contributed by atoms with E-state index in [4.69, 9.17) is 5.11 Å². The highest BCUT2D eigenvalue weighted by atomic mass is 16.4. The Bertz CT molecular complexity index is 1530. The molecule has 0 amide bonds. The van der Waals surface area contributed by atoms with Gasteiger partial charge in [-0.05, 0) is 33.4 Å². The van der Waals surface area contributed by atoms with Gasteiger partial charge in [0.2, 0.25) is 0 Å². The first-order chi connectivity index (χ1) is 17.5. The van der Waals surface area contributed by atoms with Crippen molar-refractivity contribution in [2.24, 2.45) is 0 Å². The number of fused-ring (bicyclic) bond motifs is 2. The van der Waals surface area contributed by atoms with Crippen LogP contribution in [0.15, 0.2) is 88.6 Å². The first kappa shape index (κ1) is 23.3. The number of nitrogens with zero attached hydrogens (tertiary/aromatic N) is 1. The molecule has 0 atom stereocenters. The molecule has 0 bridgehead atoms. The monoisotopic (exact) mass is 479 g/mol. The molecular weight excluding hydrogens is 454 g/mol. The molecule has 0 spiro atoms. The lowest BCUT2D eigenvalue weighted by molar-refractivity contribution is -0.135. The maximum Gasteiger partial charge on any atom is 0.328 e. The van der Waals surface area contributed by atoms with E-state index in [1.165, 1.54) is 4.57 Å². The lowest BCUT2D eigenvalue weighted by atomic mass is 9.83. The quantitative estimate of drug-likeness (QED) is 0.332. The first-order valence-electron chi connectivity index (χ1n) is 11.7. The third kappa shape index (κ3) is 4.82. The Balaban J connectivity index is 1.54. The van der Waals surface area contributed by atoms with Gasteiger partial charge >= 0.3 is 11.7 Å². The number of hydrogen-bond acceptors (Lipinski definition) is 4. The van der Waals surface area contributed by atoms with Gasteiger partial charge in [0, 0.05) is 24.2 Å². The van der Waals surface area contributed by atoms with Crippen LogP contribution in [-0.4, -0.2) is 27.2 Å². The Morgan fingerprint density at radius 2 is 1.50 bits per heavy atom. The third-order valence-electron chi connectivity index (χ3n) is 6.36. The molecule has 5 rings (SSSR count). The Labute approximate surface area is 207 Å². The van der Waals surface area contributed by atoms with Gasteiger partial charge in [0.05, 0.1) is 13.1 Å². The van der Waals surface area contributed by atoms with E-state index in [2.05, 4.69) is 22.5 Å². The summed E-state index contributed by atoms with van der Waals surface area (Å²) >= 11 is 0. The maximum absolute atomic E-state index is 13.2. The number of hydrogen-bond donors (Lipinski definition) is 3. The van der Waals surface area contributed by atoms with Crippen LogP contribution in [0.1, 0.15) is 44.9 Å². The van der Waals surface area contributed by atoms with Crippen LogP contribution < -0.4 is 16.6 Å². The van der Waals surface area contributed by atoms with Crippen molar-refractivity contribution in [3.63, 3.8) is 0 Å². The van der Waals surface area contributed by atoms with Crippen molar-refractivity contribution in [3.05, 3.63) is 139 Å². The van der Waals surface area contributed by atoms with Gasteiger partial charge in [-0.25, -0.2) is 4.79 Å². The topological polar surface area (TPSA) is 104 Å². The highest BCUT2D eigenvalue weighted by molar-refractivity contribution is 5.77. The summed E-state index contributed by atoms with van der Waals surface area (Å²) in [6.45, 7) is 0.532. The molecule has 1 heterocycles. The highest BCUT2D eigenvalue weighted by Crippen LogP contribution is 2.37. The van der Waals surface area contributed by atoms with Crippen LogP contribution in [0.25, 0.3) is 12.2 Å². The zero-order valence-electron chi connectivity index (χ0n) is 19.5. The third-order valence-corrected chi connectivity index (χ3v) is 6.36. The minimum atomic E-state index is -0.921. The molecule has 3 N–H and O–H groups in total. The summed E-state index contributed by atoms with van der Waals surface area (Å²) in [7, 11) is 0. The summed E-state index contributed by atoms with van der Waals surface area (Å²) in [4.78, 5) is 39.2. The number of carboxylic acid groups (broad SMARTS) is 1. The van der Waals surface area contributed by atoms with Gasteiger partial charge in [0.1, 0.15) is 0 Å². The number of benzene rings is 3. The highest BCUT2D eigenvalue weighted by Gasteiger charge is 2.26. The van der Waals surface area contributed by atoms with E-state index >= 15 is 0 Å². The average molecular weight is 480 g/mol. The van der Waals surface area contributed by atoms with E-state index in [0.29, 0.717) is 12.1 Å². The van der Waals surface area contributed by atoms with Crippen molar-refractivity contribution < 1.29 is 9.90 Å². The van der Waals surface area contributed by atoms with Crippen LogP contribution in [-0.2, 0) is 17.9 Å². The summed E-state index contributed by atoms with van der Waals surface area (Å²) in [5.74, 6) is -1.26. The smallest absolute Gasteiger partial charge is 0.328 e. The summed E-state index contributed by atoms with van der Waals surface area (Å²) in [5, 5.41) is 11.7. The van der Waals surface area contributed by atoms with Crippen LogP contribution in [0.5, 0.6) is 0 Å². The number of nitrogens with one attached hydrogen (secondary N) is 2. The molecule has 0 saturated carbocycles. The standard InChI is InChI=1S/C29H25N3O4/c33-26(34)16-30-15-19-6-5-7-20(14-19)17-32-18-25(28(35)31-29(32)36)27-23-10-3-1-8-21(23)12-13-22-9-2-4-11-24(22)27/h1-14,18,27,30H,15-17H2,(H,33,34)(H,31,35,36). The summed E-state index contributed by atoms with van der Waals surface area (Å²) < 4.78 is 1.52. The number of carbonyl (C=O) groups is 1. The molecule has 36 heavy (non-hydrogen) atoms. The van der Waals surface area contributed by atoms with Gasteiger partial charge < -0.3 is 10.4 Å². The van der Waals surface area contributed by atoms with Crippen LogP contribution >= 0.6 is 0 Å². The fourth-order valence-corrected chi connectivity index (χ4v) is 4.73. The molecule has 7 nitrogen and oxygen atoms in total. The molecule has 1 aromatic heterocycles. The molecular formula is C29H25N3O4. The van der Waals surface area contributed by atoms with E-state index < -0.39 is 17.2 Å². The van der Waals surface area contributed by atoms with Crippen molar-refractivity contribution >= 4 is 18.1 Å². The van der Waals surface area contributed by atoms with Gasteiger partial charge in [-0.2, -0.15) is 0 Å². The molecule has 3 aromatic carbocycles. The van der Waals surface area contributed by atoms with Crippen LogP contribution in [0, 0.1) is 0 Å². The largest absolute Gasteiger partial charge is 0.480 e. The summed E-state index contributed by atoms with van der Waals surface area (Å²) in [5.41, 5.74) is 5.44. The zero-order valence-corrected chi connectivity index (χ0v) is 19.5. The molecule has 0 aliphatic heterocycles. The average Bonchev–Trinajstić information content (AvgIpc) is 3.03. The normalized spacial score (nSPS) is 12.6. The van der Waals surface area contributed by atoms with Crippen LogP contribution in [0.3, 0.4) is 0 Å². The predicted molar refractivity (Wildman–Crippen MR) is 139 cm³/mol. The second-order valence-corrected chi connectivity index (χ2v) is 8.81. The minimum Gasteiger partial charge on any atom is -0.480 e. The molecule has 0 fully saturated rings. The molecule has 7 heteroatoms. The summed E-state index contributed by atoms with van der Waals surface area (Å²) in [6.07, 6.45) is 5.78. The van der Waals surface area contributed by atoms with Crippen molar-refractivity contribution in [1.82, 2.24) is 14.9 Å². The number of aromatic amines is 1. The number of aliphatic carboxylic acids is 1. The second-order valence-electron chi connectivity index (χ2n) is 8.81. The lowest BCUT2D eigenvalue weighted by Gasteiger charge is -2.21. The second kappa shape index (κ2) is 10.0. The molecule has 0 radical (unpaired) electrons. The van der Waals surface area contributed by atoms with Gasteiger partial charge in [0.15, 0.2) is 0 Å². The number of rotatable bonds is 7. The van der Waals surface area contributed by atoms with Crippen LogP contribution in [0.2, 0.25) is 0 Å². The van der Waals surface area contributed by atoms with Crippen LogP contribution in [0.4, 0.5) is 0 Å².